The standard InChI is InChI=1S/C9H14O4/c1-4-5-7(10)6(2)8(11)9(12)13-3/h6H,4-5H2,1-3H3. The Kier molecular flexibility index (Phi) is 4.96. The fourth-order valence-electron chi connectivity index (χ4n) is 0.886. The van der Waals surface area contributed by atoms with Crippen molar-refractivity contribution in [2.24, 2.45) is 5.92 Å². The maximum absolute atomic E-state index is 11.2. The first-order valence-electron chi connectivity index (χ1n) is 4.19. The largest absolute Gasteiger partial charge is 0.463 e. The minimum absolute atomic E-state index is 0.210. The Balaban J connectivity index is 4.25. The average molecular weight is 186 g/mol. The highest BCUT2D eigenvalue weighted by Crippen LogP contribution is 2.05. The van der Waals surface area contributed by atoms with E-state index in [2.05, 4.69) is 4.74 Å². The average Bonchev–Trinajstić information content (AvgIpc) is 2.14. The van der Waals surface area contributed by atoms with Gasteiger partial charge in [0.1, 0.15) is 5.78 Å². The zero-order valence-electron chi connectivity index (χ0n) is 8.12. The number of ether oxygens (including phenoxy) is 1. The molecule has 0 aliphatic heterocycles. The quantitative estimate of drug-likeness (QED) is 0.361. The van der Waals surface area contributed by atoms with Crippen LogP contribution in [0.15, 0.2) is 0 Å². The van der Waals surface area contributed by atoms with Gasteiger partial charge in [-0.2, -0.15) is 0 Å². The van der Waals surface area contributed by atoms with Crippen LogP contribution >= 0.6 is 0 Å². The fourth-order valence-corrected chi connectivity index (χ4v) is 0.886. The summed E-state index contributed by atoms with van der Waals surface area (Å²) in [7, 11) is 1.12. The van der Waals surface area contributed by atoms with Gasteiger partial charge in [0.2, 0.25) is 5.78 Å². The molecule has 0 aromatic heterocycles. The minimum atomic E-state index is -0.947. The van der Waals surface area contributed by atoms with Crippen LogP contribution in [0.5, 0.6) is 0 Å². The summed E-state index contributed by atoms with van der Waals surface area (Å²) in [4.78, 5) is 33.0. The molecule has 4 nitrogen and oxygen atoms in total. The molecule has 0 spiro atoms. The van der Waals surface area contributed by atoms with Crippen molar-refractivity contribution in [3.8, 4) is 0 Å². The lowest BCUT2D eigenvalue weighted by Crippen LogP contribution is -2.28. The number of ketones is 2. The van der Waals surface area contributed by atoms with E-state index < -0.39 is 17.7 Å². The normalized spacial score (nSPS) is 11.9. The molecule has 4 heteroatoms. The van der Waals surface area contributed by atoms with E-state index in [1.54, 1.807) is 0 Å². The molecular weight excluding hydrogens is 172 g/mol. The molecule has 0 fully saturated rings. The van der Waals surface area contributed by atoms with E-state index in [1.165, 1.54) is 6.92 Å². The molecule has 0 aliphatic rings. The van der Waals surface area contributed by atoms with Crippen LogP contribution in [0.2, 0.25) is 0 Å². The van der Waals surface area contributed by atoms with Crippen LogP contribution in [-0.2, 0) is 19.1 Å². The Morgan fingerprint density at radius 1 is 1.31 bits per heavy atom. The molecule has 13 heavy (non-hydrogen) atoms. The van der Waals surface area contributed by atoms with Gasteiger partial charge >= 0.3 is 5.97 Å². The van der Waals surface area contributed by atoms with E-state index >= 15 is 0 Å². The van der Waals surface area contributed by atoms with Crippen LogP contribution in [0.1, 0.15) is 26.7 Å². The van der Waals surface area contributed by atoms with Crippen molar-refractivity contribution in [2.75, 3.05) is 7.11 Å². The Labute approximate surface area is 77.3 Å². The second kappa shape index (κ2) is 5.45. The van der Waals surface area contributed by atoms with Crippen LogP contribution in [0.3, 0.4) is 0 Å². The second-order valence-electron chi connectivity index (χ2n) is 2.79. The Morgan fingerprint density at radius 2 is 1.85 bits per heavy atom. The molecule has 0 rings (SSSR count). The first-order valence-corrected chi connectivity index (χ1v) is 4.19. The summed E-state index contributed by atoms with van der Waals surface area (Å²) < 4.78 is 4.22. The third kappa shape index (κ3) is 3.36. The van der Waals surface area contributed by atoms with Crippen molar-refractivity contribution >= 4 is 17.5 Å². The highest BCUT2D eigenvalue weighted by atomic mass is 16.5. The highest BCUT2D eigenvalue weighted by molar-refractivity contribution is 6.38. The zero-order chi connectivity index (χ0) is 10.4. The molecule has 0 radical (unpaired) electrons. The predicted octanol–water partition coefficient (Wildman–Crippen LogP) is 0.734. The third-order valence-corrected chi connectivity index (χ3v) is 1.76. The molecule has 74 valence electrons. The van der Waals surface area contributed by atoms with Gasteiger partial charge in [0, 0.05) is 6.42 Å². The van der Waals surface area contributed by atoms with Crippen LogP contribution in [0.4, 0.5) is 0 Å². The molecule has 0 saturated carbocycles. The minimum Gasteiger partial charge on any atom is -0.463 e. The molecule has 0 aromatic rings. The van der Waals surface area contributed by atoms with E-state index in [0.29, 0.717) is 12.8 Å². The number of carbonyl (C=O) groups is 3. The lowest BCUT2D eigenvalue weighted by atomic mass is 9.98. The van der Waals surface area contributed by atoms with Crippen LogP contribution in [0, 0.1) is 5.92 Å². The van der Waals surface area contributed by atoms with Gasteiger partial charge < -0.3 is 4.74 Å². The number of Topliss-reactive ketones (excluding diaryl/α,β-unsaturated/α-hetero) is 2. The molecule has 0 aromatic carbocycles. The van der Waals surface area contributed by atoms with Crippen molar-refractivity contribution in [1.82, 2.24) is 0 Å². The van der Waals surface area contributed by atoms with Gasteiger partial charge in [-0.25, -0.2) is 4.79 Å². The maximum Gasteiger partial charge on any atom is 0.375 e. The topological polar surface area (TPSA) is 60.4 Å². The van der Waals surface area contributed by atoms with Gasteiger partial charge in [-0.1, -0.05) is 6.92 Å². The second-order valence-corrected chi connectivity index (χ2v) is 2.79. The van der Waals surface area contributed by atoms with Crippen molar-refractivity contribution in [3.05, 3.63) is 0 Å². The number of hydrogen-bond donors (Lipinski definition) is 0. The molecule has 0 N–H and O–H groups in total. The molecule has 0 heterocycles. The first kappa shape index (κ1) is 11.8. The molecule has 1 atom stereocenters. The lowest BCUT2D eigenvalue weighted by Gasteiger charge is -2.06. The van der Waals surface area contributed by atoms with Crippen LogP contribution < -0.4 is 0 Å². The summed E-state index contributed by atoms with van der Waals surface area (Å²) in [5, 5.41) is 0. The molecule has 1 unspecified atom stereocenters. The van der Waals surface area contributed by atoms with Gasteiger partial charge in [0.05, 0.1) is 13.0 Å². The van der Waals surface area contributed by atoms with E-state index in [1.807, 2.05) is 6.92 Å². The van der Waals surface area contributed by atoms with E-state index in [0.717, 1.165) is 7.11 Å². The summed E-state index contributed by atoms with van der Waals surface area (Å²) >= 11 is 0. The number of hydrogen-bond acceptors (Lipinski definition) is 4. The van der Waals surface area contributed by atoms with E-state index in [4.69, 9.17) is 0 Å². The maximum atomic E-state index is 11.2. The van der Waals surface area contributed by atoms with Crippen LogP contribution in [0.25, 0.3) is 0 Å². The number of rotatable bonds is 5. The zero-order valence-corrected chi connectivity index (χ0v) is 8.12. The van der Waals surface area contributed by atoms with Gasteiger partial charge in [-0.15, -0.1) is 0 Å². The molecule has 0 amide bonds. The summed E-state index contributed by atoms with van der Waals surface area (Å²) in [5.41, 5.74) is 0. The Hall–Kier alpha value is -1.19. The molecule has 0 saturated heterocycles. The summed E-state index contributed by atoms with van der Waals surface area (Å²) in [6, 6.07) is 0. The summed E-state index contributed by atoms with van der Waals surface area (Å²) in [6.45, 7) is 3.27. The van der Waals surface area contributed by atoms with Crippen molar-refractivity contribution < 1.29 is 19.1 Å². The Bertz CT molecular complexity index is 220. The van der Waals surface area contributed by atoms with Gasteiger partial charge in [0.15, 0.2) is 0 Å². The van der Waals surface area contributed by atoms with E-state index in [9.17, 15) is 14.4 Å². The monoisotopic (exact) mass is 186 g/mol. The van der Waals surface area contributed by atoms with Gasteiger partial charge in [-0.3, -0.25) is 9.59 Å². The molecular formula is C9H14O4. The molecule has 0 bridgehead atoms. The van der Waals surface area contributed by atoms with E-state index in [-0.39, 0.29) is 5.78 Å². The highest BCUT2D eigenvalue weighted by Gasteiger charge is 2.26. The van der Waals surface area contributed by atoms with Gasteiger partial charge in [-0.05, 0) is 13.3 Å². The summed E-state index contributed by atoms with van der Waals surface area (Å²) in [5.74, 6) is -2.79. The predicted molar refractivity (Wildman–Crippen MR) is 46.1 cm³/mol. The number of carbonyl (C=O) groups excluding carboxylic acids is 3. The van der Waals surface area contributed by atoms with Gasteiger partial charge in [0.25, 0.3) is 0 Å². The third-order valence-electron chi connectivity index (χ3n) is 1.76. The number of methoxy groups -OCH3 is 1. The first-order chi connectivity index (χ1) is 6.04. The molecule has 0 aliphatic carbocycles. The summed E-state index contributed by atoms with van der Waals surface area (Å²) in [6.07, 6.45) is 1.00. The fraction of sp³-hybridized carbons (Fsp3) is 0.667. The number of esters is 1. The van der Waals surface area contributed by atoms with Crippen molar-refractivity contribution in [3.63, 3.8) is 0 Å². The van der Waals surface area contributed by atoms with Crippen molar-refractivity contribution in [2.45, 2.75) is 26.7 Å². The smallest absolute Gasteiger partial charge is 0.375 e. The Morgan fingerprint density at radius 3 is 2.23 bits per heavy atom. The lowest BCUT2D eigenvalue weighted by molar-refractivity contribution is -0.154. The van der Waals surface area contributed by atoms with Crippen molar-refractivity contribution in [1.29, 1.82) is 0 Å². The SMILES string of the molecule is CCCC(=O)C(C)C(=O)C(=O)OC. The van der Waals surface area contributed by atoms with Crippen LogP contribution in [-0.4, -0.2) is 24.6 Å².